The largest absolute Gasteiger partial charge is 0.472 e. The average Bonchev–Trinajstić information content (AvgIpc) is 2.77. The fourth-order valence-electron chi connectivity index (χ4n) is 2.31. The van der Waals surface area contributed by atoms with E-state index in [0.29, 0.717) is 5.41 Å². The van der Waals surface area contributed by atoms with E-state index in [1.54, 1.807) is 6.26 Å². The molecule has 0 spiro atoms. The van der Waals surface area contributed by atoms with Crippen molar-refractivity contribution in [3.63, 3.8) is 0 Å². The molecule has 0 radical (unpaired) electrons. The van der Waals surface area contributed by atoms with Gasteiger partial charge in [0.2, 0.25) is 0 Å². The lowest BCUT2D eigenvalue weighted by molar-refractivity contribution is 0.345. The Bertz CT molecular complexity index is 247. The second-order valence-electron chi connectivity index (χ2n) is 4.15. The first-order chi connectivity index (χ1) is 6.35. The van der Waals surface area contributed by atoms with Gasteiger partial charge in [-0.15, -0.1) is 0 Å². The van der Waals surface area contributed by atoms with Gasteiger partial charge in [-0.05, 0) is 36.3 Å². The molecule has 1 nitrogen and oxygen atoms in total. The van der Waals surface area contributed by atoms with Crippen molar-refractivity contribution in [2.24, 2.45) is 5.41 Å². The van der Waals surface area contributed by atoms with Gasteiger partial charge in [0.15, 0.2) is 0 Å². The Hall–Kier alpha value is -0.240. The zero-order valence-corrected chi connectivity index (χ0v) is 9.35. The van der Waals surface area contributed by atoms with Crippen LogP contribution >= 0.6 is 15.9 Å². The number of hydrogen-bond donors (Lipinski definition) is 0. The molecule has 0 bridgehead atoms. The van der Waals surface area contributed by atoms with E-state index >= 15 is 0 Å². The summed E-state index contributed by atoms with van der Waals surface area (Å²) in [6.07, 6.45) is 10.3. The van der Waals surface area contributed by atoms with Crippen LogP contribution in [-0.4, -0.2) is 5.33 Å². The number of furan rings is 1. The summed E-state index contributed by atoms with van der Waals surface area (Å²) < 4.78 is 5.10. The molecule has 13 heavy (non-hydrogen) atoms. The van der Waals surface area contributed by atoms with E-state index in [0.717, 1.165) is 5.33 Å². The first-order valence-corrected chi connectivity index (χ1v) is 6.04. The summed E-state index contributed by atoms with van der Waals surface area (Å²) in [7, 11) is 0. The maximum absolute atomic E-state index is 5.10. The highest BCUT2D eigenvalue weighted by molar-refractivity contribution is 9.09. The Morgan fingerprint density at radius 3 is 2.69 bits per heavy atom. The van der Waals surface area contributed by atoms with Crippen molar-refractivity contribution in [3.8, 4) is 0 Å². The van der Waals surface area contributed by atoms with E-state index in [4.69, 9.17) is 4.42 Å². The maximum Gasteiger partial charge on any atom is 0.0934 e. The Labute approximate surface area is 87.6 Å². The summed E-state index contributed by atoms with van der Waals surface area (Å²) in [6.45, 7) is 0. The standard InChI is InChI=1S/C11H15BrO/c12-9-11(4-1-2-5-11)7-10-3-6-13-8-10/h3,6,8H,1-2,4-5,7,9H2. The van der Waals surface area contributed by atoms with Gasteiger partial charge in [-0.3, -0.25) is 0 Å². The van der Waals surface area contributed by atoms with Crippen LogP contribution in [0.4, 0.5) is 0 Å². The van der Waals surface area contributed by atoms with Crippen LogP contribution < -0.4 is 0 Å². The molecule has 0 N–H and O–H groups in total. The zero-order valence-electron chi connectivity index (χ0n) is 7.76. The van der Waals surface area contributed by atoms with Crippen LogP contribution in [0.1, 0.15) is 31.2 Å². The fourth-order valence-corrected chi connectivity index (χ4v) is 3.07. The number of rotatable bonds is 3. The van der Waals surface area contributed by atoms with Crippen LogP contribution in [0.15, 0.2) is 23.0 Å². The minimum Gasteiger partial charge on any atom is -0.472 e. The van der Waals surface area contributed by atoms with Crippen LogP contribution in [0.5, 0.6) is 0 Å². The summed E-state index contributed by atoms with van der Waals surface area (Å²) in [6, 6.07) is 2.09. The number of hydrogen-bond acceptors (Lipinski definition) is 1. The third kappa shape index (κ3) is 1.98. The van der Waals surface area contributed by atoms with Gasteiger partial charge in [0.25, 0.3) is 0 Å². The summed E-state index contributed by atoms with van der Waals surface area (Å²) in [5.41, 5.74) is 1.87. The van der Waals surface area contributed by atoms with Crippen LogP contribution in [0.3, 0.4) is 0 Å². The van der Waals surface area contributed by atoms with Crippen molar-refractivity contribution in [2.75, 3.05) is 5.33 Å². The van der Waals surface area contributed by atoms with Crippen molar-refractivity contribution < 1.29 is 4.42 Å². The molecule has 2 heteroatoms. The molecular formula is C11H15BrO. The van der Waals surface area contributed by atoms with Crippen molar-refractivity contribution in [1.82, 2.24) is 0 Å². The molecule has 2 rings (SSSR count). The lowest BCUT2D eigenvalue weighted by Gasteiger charge is -2.25. The van der Waals surface area contributed by atoms with Crippen molar-refractivity contribution in [2.45, 2.75) is 32.1 Å². The van der Waals surface area contributed by atoms with Gasteiger partial charge in [0.05, 0.1) is 12.5 Å². The molecule has 0 atom stereocenters. The topological polar surface area (TPSA) is 13.1 Å². The predicted molar refractivity (Wildman–Crippen MR) is 57.1 cm³/mol. The molecule has 1 fully saturated rings. The van der Waals surface area contributed by atoms with Crippen molar-refractivity contribution >= 4 is 15.9 Å². The molecule has 1 aromatic rings. The van der Waals surface area contributed by atoms with Gasteiger partial charge in [0.1, 0.15) is 0 Å². The summed E-state index contributed by atoms with van der Waals surface area (Å²) in [5.74, 6) is 0. The Morgan fingerprint density at radius 1 is 1.38 bits per heavy atom. The molecule has 0 saturated heterocycles. The summed E-state index contributed by atoms with van der Waals surface area (Å²) in [5, 5.41) is 1.13. The van der Waals surface area contributed by atoms with E-state index < -0.39 is 0 Å². The molecule has 1 aliphatic rings. The molecule has 0 amide bonds. The van der Waals surface area contributed by atoms with Crippen LogP contribution in [0.25, 0.3) is 0 Å². The van der Waals surface area contributed by atoms with E-state index in [1.165, 1.54) is 37.7 Å². The van der Waals surface area contributed by atoms with E-state index in [9.17, 15) is 0 Å². The number of halogens is 1. The van der Waals surface area contributed by atoms with Crippen molar-refractivity contribution in [1.29, 1.82) is 0 Å². The minimum absolute atomic E-state index is 0.518. The summed E-state index contributed by atoms with van der Waals surface area (Å²) in [4.78, 5) is 0. The number of alkyl halides is 1. The molecule has 1 heterocycles. The molecule has 0 unspecified atom stereocenters. The van der Waals surface area contributed by atoms with E-state index in [-0.39, 0.29) is 0 Å². The van der Waals surface area contributed by atoms with Gasteiger partial charge in [0, 0.05) is 5.33 Å². The van der Waals surface area contributed by atoms with E-state index in [1.807, 2.05) is 6.26 Å². The highest BCUT2D eigenvalue weighted by Crippen LogP contribution is 2.42. The Morgan fingerprint density at radius 2 is 2.15 bits per heavy atom. The first-order valence-electron chi connectivity index (χ1n) is 4.92. The van der Waals surface area contributed by atoms with E-state index in [2.05, 4.69) is 22.0 Å². The van der Waals surface area contributed by atoms with Gasteiger partial charge < -0.3 is 4.42 Å². The Kier molecular flexibility index (Phi) is 2.77. The lowest BCUT2D eigenvalue weighted by Crippen LogP contribution is -2.21. The Balaban J connectivity index is 2.06. The quantitative estimate of drug-likeness (QED) is 0.736. The first kappa shape index (κ1) is 9.32. The molecule has 0 aliphatic heterocycles. The third-order valence-electron chi connectivity index (χ3n) is 3.11. The second-order valence-corrected chi connectivity index (χ2v) is 4.71. The van der Waals surface area contributed by atoms with Gasteiger partial charge >= 0.3 is 0 Å². The average molecular weight is 243 g/mol. The summed E-state index contributed by atoms with van der Waals surface area (Å²) >= 11 is 3.65. The molecule has 1 aliphatic carbocycles. The molecular weight excluding hydrogens is 228 g/mol. The third-order valence-corrected chi connectivity index (χ3v) is 4.30. The van der Waals surface area contributed by atoms with Crippen LogP contribution in [0, 0.1) is 5.41 Å². The van der Waals surface area contributed by atoms with Gasteiger partial charge in [-0.25, -0.2) is 0 Å². The van der Waals surface area contributed by atoms with Gasteiger partial charge in [-0.2, -0.15) is 0 Å². The minimum atomic E-state index is 0.518. The highest BCUT2D eigenvalue weighted by Gasteiger charge is 2.32. The van der Waals surface area contributed by atoms with Crippen LogP contribution in [-0.2, 0) is 6.42 Å². The van der Waals surface area contributed by atoms with Gasteiger partial charge in [-0.1, -0.05) is 28.8 Å². The highest BCUT2D eigenvalue weighted by atomic mass is 79.9. The monoisotopic (exact) mass is 242 g/mol. The SMILES string of the molecule is BrCC1(Cc2ccoc2)CCCC1. The smallest absolute Gasteiger partial charge is 0.0934 e. The molecule has 1 saturated carbocycles. The lowest BCUT2D eigenvalue weighted by atomic mass is 9.83. The van der Waals surface area contributed by atoms with Crippen LogP contribution in [0.2, 0.25) is 0 Å². The second kappa shape index (κ2) is 3.87. The fraction of sp³-hybridized carbons (Fsp3) is 0.636. The zero-order chi connectivity index (χ0) is 9.15. The van der Waals surface area contributed by atoms with Crippen molar-refractivity contribution in [3.05, 3.63) is 24.2 Å². The maximum atomic E-state index is 5.10. The molecule has 0 aromatic carbocycles. The predicted octanol–water partition coefficient (Wildman–Crippen LogP) is 3.78. The molecule has 72 valence electrons. The normalized spacial score (nSPS) is 20.7. The molecule has 1 aromatic heterocycles.